The van der Waals surface area contributed by atoms with E-state index in [-0.39, 0.29) is 17.9 Å². The average molecular weight is 449 g/mol. The van der Waals surface area contributed by atoms with E-state index in [0.717, 1.165) is 16.7 Å². The van der Waals surface area contributed by atoms with E-state index in [1.807, 2.05) is 30.9 Å². The van der Waals surface area contributed by atoms with Gasteiger partial charge in [0.1, 0.15) is 0 Å². The van der Waals surface area contributed by atoms with Gasteiger partial charge in [-0.05, 0) is 42.9 Å². The maximum atomic E-state index is 13.4. The van der Waals surface area contributed by atoms with E-state index in [2.05, 4.69) is 31.2 Å². The van der Waals surface area contributed by atoms with Crippen molar-refractivity contribution in [3.63, 3.8) is 0 Å². The summed E-state index contributed by atoms with van der Waals surface area (Å²) in [6, 6.07) is 5.61. The van der Waals surface area contributed by atoms with Crippen LogP contribution in [0.2, 0.25) is 0 Å². The van der Waals surface area contributed by atoms with Crippen LogP contribution in [0.3, 0.4) is 0 Å². The highest BCUT2D eigenvalue weighted by Crippen LogP contribution is 2.31. The zero-order valence-corrected chi connectivity index (χ0v) is 20.0. The summed E-state index contributed by atoms with van der Waals surface area (Å²) in [7, 11) is -3.60. The molecule has 0 aliphatic carbocycles. The lowest BCUT2D eigenvalue weighted by atomic mass is 9.85. The van der Waals surface area contributed by atoms with Gasteiger partial charge in [-0.3, -0.25) is 15.0 Å². The highest BCUT2D eigenvalue weighted by atomic mass is 32.2. The second-order valence-electron chi connectivity index (χ2n) is 9.25. The fourth-order valence-electron chi connectivity index (χ4n) is 3.85. The molecule has 1 fully saturated rings. The average Bonchev–Trinajstić information content (AvgIpc) is 3.05. The quantitative estimate of drug-likeness (QED) is 0.756. The second kappa shape index (κ2) is 8.72. The van der Waals surface area contributed by atoms with Crippen molar-refractivity contribution in [2.24, 2.45) is 0 Å². The number of anilines is 1. The number of hydrogen-bond donors (Lipinski definition) is 1. The largest absolute Gasteiger partial charge is 0.338 e. The molecule has 1 aromatic carbocycles. The summed E-state index contributed by atoms with van der Waals surface area (Å²) in [6.45, 7) is 13.7. The zero-order chi connectivity index (χ0) is 23.0. The highest BCUT2D eigenvalue weighted by Gasteiger charge is 2.32. The van der Waals surface area contributed by atoms with E-state index < -0.39 is 10.0 Å². The van der Waals surface area contributed by atoms with Crippen LogP contribution in [0.5, 0.6) is 0 Å². The molecule has 31 heavy (non-hydrogen) atoms. The zero-order valence-electron chi connectivity index (χ0n) is 19.2. The minimum Gasteiger partial charge on any atom is -0.338 e. The summed E-state index contributed by atoms with van der Waals surface area (Å²) in [5, 5.41) is 6.41. The minimum absolute atomic E-state index is 0.0472. The number of sulfonamides is 1. The molecule has 1 N–H and O–H groups in total. The van der Waals surface area contributed by atoms with Gasteiger partial charge in [0.05, 0.1) is 17.1 Å². The number of rotatable bonds is 5. The Morgan fingerprint density at radius 2 is 1.65 bits per heavy atom. The van der Waals surface area contributed by atoms with Crippen molar-refractivity contribution in [1.82, 2.24) is 14.4 Å². The van der Waals surface area contributed by atoms with E-state index in [1.165, 1.54) is 4.31 Å². The topological polar surface area (TPSA) is 95.8 Å². The fraction of sp³-hybridized carbons (Fsp3) is 0.545. The van der Waals surface area contributed by atoms with Crippen molar-refractivity contribution in [2.75, 3.05) is 38.0 Å². The maximum Gasteiger partial charge on any atom is 0.243 e. The van der Waals surface area contributed by atoms with Crippen LogP contribution in [-0.2, 0) is 20.2 Å². The molecule has 2 aromatic rings. The predicted molar refractivity (Wildman–Crippen MR) is 120 cm³/mol. The Morgan fingerprint density at radius 1 is 1.06 bits per heavy atom. The molecule has 170 valence electrons. The lowest BCUT2D eigenvalue weighted by Gasteiger charge is -2.34. The number of nitrogens with zero attached hydrogens (tertiary/aromatic N) is 3. The van der Waals surface area contributed by atoms with Gasteiger partial charge in [0.15, 0.2) is 0 Å². The Morgan fingerprint density at radius 3 is 2.13 bits per heavy atom. The Hall–Kier alpha value is -2.23. The first-order chi connectivity index (χ1) is 14.4. The van der Waals surface area contributed by atoms with E-state index in [4.69, 9.17) is 4.52 Å². The molecular weight excluding hydrogens is 416 g/mol. The van der Waals surface area contributed by atoms with E-state index in [0.29, 0.717) is 42.7 Å². The van der Waals surface area contributed by atoms with E-state index >= 15 is 0 Å². The van der Waals surface area contributed by atoms with Crippen LogP contribution in [-0.4, -0.2) is 61.4 Å². The van der Waals surface area contributed by atoms with Gasteiger partial charge in [-0.2, -0.15) is 4.31 Å². The predicted octanol–water partition coefficient (Wildman–Crippen LogP) is 2.84. The van der Waals surface area contributed by atoms with Gasteiger partial charge in [0, 0.05) is 32.2 Å². The normalized spacial score (nSPS) is 16.5. The molecule has 0 unspecified atom stereocenters. The van der Waals surface area contributed by atoms with Crippen molar-refractivity contribution in [1.29, 1.82) is 0 Å². The van der Waals surface area contributed by atoms with Crippen molar-refractivity contribution in [3.8, 4) is 0 Å². The summed E-state index contributed by atoms with van der Waals surface area (Å²) < 4.78 is 33.3. The molecule has 1 saturated heterocycles. The van der Waals surface area contributed by atoms with Crippen LogP contribution in [0, 0.1) is 20.8 Å². The number of aryl methyl sites for hydroxylation is 3. The third-order valence-corrected chi connectivity index (χ3v) is 7.72. The first-order valence-corrected chi connectivity index (χ1v) is 11.9. The molecule has 8 nitrogen and oxygen atoms in total. The van der Waals surface area contributed by atoms with Crippen LogP contribution in [0.15, 0.2) is 27.6 Å². The molecule has 9 heteroatoms. The first-order valence-electron chi connectivity index (χ1n) is 10.5. The lowest BCUT2D eigenvalue weighted by Crippen LogP contribution is -2.50. The van der Waals surface area contributed by atoms with Gasteiger partial charge in [-0.25, -0.2) is 8.42 Å². The van der Waals surface area contributed by atoms with E-state index in [1.54, 1.807) is 13.0 Å². The summed E-state index contributed by atoms with van der Waals surface area (Å²) in [6.07, 6.45) is 0. The molecule has 0 bridgehead atoms. The Bertz CT molecular complexity index is 1040. The molecule has 3 rings (SSSR count). The van der Waals surface area contributed by atoms with Crippen molar-refractivity contribution in [2.45, 2.75) is 51.9 Å². The molecular formula is C22H32N4O4S. The molecule has 1 aliphatic rings. The summed E-state index contributed by atoms with van der Waals surface area (Å²) >= 11 is 0. The molecule has 1 aliphatic heterocycles. The number of hydrogen-bond acceptors (Lipinski definition) is 6. The molecule has 0 radical (unpaired) electrons. The molecule has 2 heterocycles. The van der Waals surface area contributed by atoms with Gasteiger partial charge in [-0.15, -0.1) is 0 Å². The number of aromatic nitrogens is 1. The van der Waals surface area contributed by atoms with Crippen molar-refractivity contribution in [3.05, 3.63) is 40.6 Å². The van der Waals surface area contributed by atoms with Crippen molar-refractivity contribution < 1.29 is 17.7 Å². The van der Waals surface area contributed by atoms with Crippen LogP contribution in [0.25, 0.3) is 0 Å². The SMILES string of the molecule is Cc1cc(NC(=O)CN2CCN(S(=O)(=O)c3c(C)cc(C(C)(C)C)cc3C)CC2)on1. The van der Waals surface area contributed by atoms with Gasteiger partial charge in [0.2, 0.25) is 21.8 Å². The Labute approximate surface area is 184 Å². The van der Waals surface area contributed by atoms with Crippen molar-refractivity contribution >= 4 is 21.8 Å². The monoisotopic (exact) mass is 448 g/mol. The fourth-order valence-corrected chi connectivity index (χ4v) is 5.68. The minimum atomic E-state index is -3.60. The van der Waals surface area contributed by atoms with Crippen LogP contribution >= 0.6 is 0 Å². The summed E-state index contributed by atoms with van der Waals surface area (Å²) in [5.74, 6) is 0.102. The molecule has 0 spiro atoms. The van der Waals surface area contributed by atoms with Gasteiger partial charge < -0.3 is 4.52 Å². The third-order valence-electron chi connectivity index (χ3n) is 5.51. The van der Waals surface area contributed by atoms with Gasteiger partial charge >= 0.3 is 0 Å². The maximum absolute atomic E-state index is 13.4. The number of amides is 1. The molecule has 0 saturated carbocycles. The van der Waals surface area contributed by atoms with Crippen LogP contribution in [0.4, 0.5) is 5.88 Å². The lowest BCUT2D eigenvalue weighted by molar-refractivity contribution is -0.117. The summed E-state index contributed by atoms with van der Waals surface area (Å²) in [4.78, 5) is 14.6. The molecule has 0 atom stereocenters. The standard InChI is InChI=1S/C22H32N4O4S/c1-15-11-18(22(4,5)6)12-16(2)21(15)31(28,29)26-9-7-25(8-10-26)14-19(27)23-20-13-17(3)24-30-20/h11-13H,7-10,14H2,1-6H3,(H,23,27). The Balaban J connectivity index is 1.65. The third kappa shape index (κ3) is 5.34. The van der Waals surface area contributed by atoms with Crippen LogP contribution < -0.4 is 5.32 Å². The first kappa shape index (κ1) is 23.4. The number of carbonyl (C=O) groups is 1. The molecule has 1 aromatic heterocycles. The number of nitrogens with one attached hydrogen (secondary N) is 1. The summed E-state index contributed by atoms with van der Waals surface area (Å²) in [5.41, 5.74) is 3.31. The Kier molecular flexibility index (Phi) is 6.59. The van der Waals surface area contributed by atoms with Crippen LogP contribution in [0.1, 0.15) is 43.2 Å². The highest BCUT2D eigenvalue weighted by molar-refractivity contribution is 7.89. The smallest absolute Gasteiger partial charge is 0.243 e. The second-order valence-corrected chi connectivity index (χ2v) is 11.1. The van der Waals surface area contributed by atoms with Gasteiger partial charge in [0.25, 0.3) is 0 Å². The number of benzene rings is 1. The number of piperazine rings is 1. The number of carbonyl (C=O) groups excluding carboxylic acids is 1. The van der Waals surface area contributed by atoms with E-state index in [9.17, 15) is 13.2 Å². The van der Waals surface area contributed by atoms with Gasteiger partial charge in [-0.1, -0.05) is 38.1 Å². The molecule has 1 amide bonds.